The fraction of sp³-hybridized carbons (Fsp3) is 0.667. The third-order valence-electron chi connectivity index (χ3n) is 4.37. The highest BCUT2D eigenvalue weighted by molar-refractivity contribution is 5.24. The molecule has 104 valence electrons. The molecule has 1 aromatic rings. The van der Waals surface area contributed by atoms with E-state index in [-0.39, 0.29) is 5.41 Å². The number of pyridine rings is 1. The van der Waals surface area contributed by atoms with Crippen LogP contribution in [0.1, 0.15) is 18.4 Å². The van der Waals surface area contributed by atoms with Crippen LogP contribution in [0.15, 0.2) is 24.5 Å². The van der Waals surface area contributed by atoms with Crippen LogP contribution in [0.2, 0.25) is 0 Å². The summed E-state index contributed by atoms with van der Waals surface area (Å²) in [7, 11) is 0. The molecule has 2 fully saturated rings. The molecule has 4 heteroatoms. The molecule has 0 spiro atoms. The molecule has 2 saturated heterocycles. The van der Waals surface area contributed by atoms with Gasteiger partial charge in [0.05, 0.1) is 13.2 Å². The first-order valence-corrected chi connectivity index (χ1v) is 7.30. The Morgan fingerprint density at radius 2 is 2.16 bits per heavy atom. The maximum Gasteiger partial charge on any atom is 0.0586 e. The van der Waals surface area contributed by atoms with Crippen LogP contribution in [0.3, 0.4) is 0 Å². The molecule has 0 atom stereocenters. The predicted octanol–water partition coefficient (Wildman–Crippen LogP) is 1.03. The highest BCUT2D eigenvalue weighted by atomic mass is 16.5. The van der Waals surface area contributed by atoms with E-state index in [2.05, 4.69) is 21.3 Å². The third kappa shape index (κ3) is 2.96. The predicted molar refractivity (Wildman–Crippen MR) is 75.3 cm³/mol. The van der Waals surface area contributed by atoms with E-state index < -0.39 is 0 Å². The second-order valence-electron chi connectivity index (χ2n) is 5.71. The van der Waals surface area contributed by atoms with E-state index in [1.54, 1.807) is 0 Å². The van der Waals surface area contributed by atoms with Crippen LogP contribution in [-0.4, -0.2) is 55.8 Å². The standard InChI is InChI=1S/C15H23N3O/c1-3-14(11-17-5-1)15(12-19-13-15)4-2-8-18-9-6-16-7-10-18/h1,3,5,11,16H,2,4,6-10,12-13H2. The van der Waals surface area contributed by atoms with Gasteiger partial charge in [-0.3, -0.25) is 4.98 Å². The van der Waals surface area contributed by atoms with Crippen molar-refractivity contribution >= 4 is 0 Å². The van der Waals surface area contributed by atoms with Crippen LogP contribution in [-0.2, 0) is 10.2 Å². The Morgan fingerprint density at radius 3 is 2.79 bits per heavy atom. The van der Waals surface area contributed by atoms with Gasteiger partial charge in [0.25, 0.3) is 0 Å². The minimum Gasteiger partial charge on any atom is -0.379 e. The van der Waals surface area contributed by atoms with E-state index in [0.29, 0.717) is 0 Å². The van der Waals surface area contributed by atoms with Crippen molar-refractivity contribution in [1.82, 2.24) is 15.2 Å². The lowest BCUT2D eigenvalue weighted by Crippen LogP contribution is -2.48. The van der Waals surface area contributed by atoms with Crippen molar-refractivity contribution in [2.45, 2.75) is 18.3 Å². The minimum absolute atomic E-state index is 0.238. The number of ether oxygens (including phenoxy) is 1. The molecule has 0 radical (unpaired) electrons. The second-order valence-corrected chi connectivity index (χ2v) is 5.71. The maximum absolute atomic E-state index is 5.48. The van der Waals surface area contributed by atoms with E-state index in [9.17, 15) is 0 Å². The normalized spacial score (nSPS) is 22.9. The van der Waals surface area contributed by atoms with Crippen molar-refractivity contribution < 1.29 is 4.74 Å². The molecule has 4 nitrogen and oxygen atoms in total. The average molecular weight is 261 g/mol. The lowest BCUT2D eigenvalue weighted by Gasteiger charge is -2.42. The maximum atomic E-state index is 5.48. The summed E-state index contributed by atoms with van der Waals surface area (Å²) < 4.78 is 5.48. The molecular weight excluding hydrogens is 238 g/mol. The fourth-order valence-corrected chi connectivity index (χ4v) is 3.06. The molecular formula is C15H23N3O. The number of rotatable bonds is 5. The molecule has 0 saturated carbocycles. The quantitative estimate of drug-likeness (QED) is 0.859. The minimum atomic E-state index is 0.238. The Balaban J connectivity index is 1.52. The smallest absolute Gasteiger partial charge is 0.0586 e. The van der Waals surface area contributed by atoms with Crippen molar-refractivity contribution in [2.75, 3.05) is 45.9 Å². The van der Waals surface area contributed by atoms with Crippen molar-refractivity contribution in [2.24, 2.45) is 0 Å². The Labute approximate surface area is 115 Å². The summed E-state index contributed by atoms with van der Waals surface area (Å²) in [6, 6.07) is 4.23. The lowest BCUT2D eigenvalue weighted by molar-refractivity contribution is -0.0661. The van der Waals surface area contributed by atoms with Gasteiger partial charge in [0.15, 0.2) is 0 Å². The molecule has 0 bridgehead atoms. The van der Waals surface area contributed by atoms with Crippen LogP contribution in [0, 0.1) is 0 Å². The molecule has 0 unspecified atom stereocenters. The first-order valence-electron chi connectivity index (χ1n) is 7.30. The molecule has 1 aromatic heterocycles. The molecule has 19 heavy (non-hydrogen) atoms. The van der Waals surface area contributed by atoms with Crippen molar-refractivity contribution in [3.8, 4) is 0 Å². The largest absolute Gasteiger partial charge is 0.379 e. The van der Waals surface area contributed by atoms with Crippen LogP contribution in [0.25, 0.3) is 0 Å². The van der Waals surface area contributed by atoms with Gasteiger partial charge in [0.2, 0.25) is 0 Å². The number of hydrogen-bond acceptors (Lipinski definition) is 4. The monoisotopic (exact) mass is 261 g/mol. The highest BCUT2D eigenvalue weighted by Crippen LogP contribution is 2.36. The first-order chi connectivity index (χ1) is 9.39. The van der Waals surface area contributed by atoms with Crippen molar-refractivity contribution in [1.29, 1.82) is 0 Å². The summed E-state index contributed by atoms with van der Waals surface area (Å²) in [5.41, 5.74) is 1.59. The SMILES string of the molecule is c1cncc(C2(CCCN3CCNCC3)COC2)c1. The first kappa shape index (κ1) is 13.0. The third-order valence-corrected chi connectivity index (χ3v) is 4.37. The van der Waals surface area contributed by atoms with Crippen molar-refractivity contribution in [3.05, 3.63) is 30.1 Å². The van der Waals surface area contributed by atoms with Gasteiger partial charge < -0.3 is 15.0 Å². The van der Waals surface area contributed by atoms with Gasteiger partial charge in [-0.25, -0.2) is 0 Å². The van der Waals surface area contributed by atoms with Gasteiger partial charge in [0.1, 0.15) is 0 Å². The van der Waals surface area contributed by atoms with Gasteiger partial charge in [0, 0.05) is 44.0 Å². The Hall–Kier alpha value is -0.970. The number of nitrogens with zero attached hydrogens (tertiary/aromatic N) is 2. The van der Waals surface area contributed by atoms with E-state index in [1.165, 1.54) is 38.0 Å². The average Bonchev–Trinajstić information content (AvgIpc) is 2.44. The van der Waals surface area contributed by atoms with Gasteiger partial charge in [-0.1, -0.05) is 6.07 Å². The molecule has 2 aliphatic heterocycles. The number of nitrogens with one attached hydrogen (secondary N) is 1. The summed E-state index contributed by atoms with van der Waals surface area (Å²) in [5.74, 6) is 0. The Morgan fingerprint density at radius 1 is 1.32 bits per heavy atom. The Kier molecular flexibility index (Phi) is 4.11. The molecule has 0 amide bonds. The van der Waals surface area contributed by atoms with Gasteiger partial charge in [-0.05, 0) is 31.0 Å². The number of piperazine rings is 1. The lowest BCUT2D eigenvalue weighted by atomic mass is 9.75. The van der Waals surface area contributed by atoms with Crippen LogP contribution < -0.4 is 5.32 Å². The summed E-state index contributed by atoms with van der Waals surface area (Å²) in [5, 5.41) is 3.40. The summed E-state index contributed by atoms with van der Waals surface area (Å²) >= 11 is 0. The van der Waals surface area contributed by atoms with E-state index in [4.69, 9.17) is 4.74 Å². The summed E-state index contributed by atoms with van der Waals surface area (Å²) in [4.78, 5) is 6.82. The number of hydrogen-bond donors (Lipinski definition) is 1. The zero-order valence-corrected chi connectivity index (χ0v) is 11.5. The fourth-order valence-electron chi connectivity index (χ4n) is 3.06. The molecule has 1 N–H and O–H groups in total. The molecule has 0 aliphatic carbocycles. The molecule has 3 rings (SSSR count). The van der Waals surface area contributed by atoms with Gasteiger partial charge >= 0.3 is 0 Å². The molecule has 0 aromatic carbocycles. The van der Waals surface area contributed by atoms with Gasteiger partial charge in [-0.2, -0.15) is 0 Å². The van der Waals surface area contributed by atoms with E-state index in [1.807, 2.05) is 18.5 Å². The molecule has 3 heterocycles. The van der Waals surface area contributed by atoms with Crippen molar-refractivity contribution in [3.63, 3.8) is 0 Å². The molecule has 2 aliphatic rings. The zero-order chi connectivity index (χ0) is 13.0. The summed E-state index contributed by atoms with van der Waals surface area (Å²) in [6.45, 7) is 7.59. The van der Waals surface area contributed by atoms with Crippen LogP contribution in [0.5, 0.6) is 0 Å². The zero-order valence-electron chi connectivity index (χ0n) is 11.5. The summed E-state index contributed by atoms with van der Waals surface area (Å²) in [6.07, 6.45) is 6.31. The second kappa shape index (κ2) is 5.99. The Bertz CT molecular complexity index is 386. The topological polar surface area (TPSA) is 37.4 Å². The number of aromatic nitrogens is 1. The van der Waals surface area contributed by atoms with Gasteiger partial charge in [-0.15, -0.1) is 0 Å². The van der Waals surface area contributed by atoms with Crippen LogP contribution >= 0.6 is 0 Å². The van der Waals surface area contributed by atoms with Crippen LogP contribution in [0.4, 0.5) is 0 Å². The van der Waals surface area contributed by atoms with E-state index in [0.717, 1.165) is 26.3 Å². The van der Waals surface area contributed by atoms with E-state index >= 15 is 0 Å². The highest BCUT2D eigenvalue weighted by Gasteiger charge is 2.39.